The lowest BCUT2D eigenvalue weighted by Gasteiger charge is -2.34. The van der Waals surface area contributed by atoms with E-state index in [1.54, 1.807) is 6.26 Å². The minimum absolute atomic E-state index is 0.269. The van der Waals surface area contributed by atoms with Gasteiger partial charge in [-0.1, -0.05) is 13.3 Å². The molecule has 0 radical (unpaired) electrons. The van der Waals surface area contributed by atoms with Gasteiger partial charge in [0.05, 0.1) is 12.3 Å². The van der Waals surface area contributed by atoms with E-state index in [-0.39, 0.29) is 6.04 Å². The van der Waals surface area contributed by atoms with E-state index in [9.17, 15) is 0 Å². The van der Waals surface area contributed by atoms with Gasteiger partial charge < -0.3 is 15.1 Å². The average Bonchev–Trinajstić information content (AvgIpc) is 3.09. The van der Waals surface area contributed by atoms with Crippen molar-refractivity contribution in [2.24, 2.45) is 4.99 Å². The predicted molar refractivity (Wildman–Crippen MR) is 91.1 cm³/mol. The van der Waals surface area contributed by atoms with E-state index in [0.29, 0.717) is 6.04 Å². The summed E-state index contributed by atoms with van der Waals surface area (Å²) < 4.78 is 5.68. The lowest BCUT2D eigenvalue weighted by atomic mass is 10.1. The number of piperidine rings is 1. The van der Waals surface area contributed by atoms with E-state index in [1.807, 2.05) is 13.1 Å². The van der Waals surface area contributed by atoms with Gasteiger partial charge in [-0.2, -0.15) is 0 Å². The van der Waals surface area contributed by atoms with E-state index < -0.39 is 0 Å². The summed E-state index contributed by atoms with van der Waals surface area (Å²) in [6.45, 7) is 7.43. The van der Waals surface area contributed by atoms with Crippen LogP contribution in [-0.4, -0.2) is 43.6 Å². The number of furan rings is 1. The lowest BCUT2D eigenvalue weighted by Crippen LogP contribution is -2.46. The first kappa shape index (κ1) is 16.9. The quantitative estimate of drug-likeness (QED) is 0.627. The number of guanidine groups is 1. The minimum atomic E-state index is 0.269. The molecule has 2 unspecified atom stereocenters. The van der Waals surface area contributed by atoms with Crippen molar-refractivity contribution >= 4 is 5.96 Å². The maximum atomic E-state index is 5.68. The Hall–Kier alpha value is -1.49. The first-order chi connectivity index (χ1) is 10.7. The fraction of sp³-hybridized carbons (Fsp3) is 0.706. The number of rotatable bonds is 6. The van der Waals surface area contributed by atoms with Crippen molar-refractivity contribution in [2.75, 3.05) is 26.7 Å². The number of nitrogens with zero attached hydrogens (tertiary/aromatic N) is 2. The molecule has 5 heteroatoms. The molecule has 0 aromatic carbocycles. The number of hydrogen-bond acceptors (Lipinski definition) is 3. The summed E-state index contributed by atoms with van der Waals surface area (Å²) in [4.78, 5) is 6.84. The second-order valence-electron chi connectivity index (χ2n) is 6.03. The molecule has 2 N–H and O–H groups in total. The highest BCUT2D eigenvalue weighted by Crippen LogP contribution is 2.24. The molecule has 1 fully saturated rings. The highest BCUT2D eigenvalue weighted by Gasteiger charge is 2.24. The van der Waals surface area contributed by atoms with Crippen molar-refractivity contribution in [3.8, 4) is 0 Å². The highest BCUT2D eigenvalue weighted by atomic mass is 16.3. The van der Waals surface area contributed by atoms with Gasteiger partial charge in [0.1, 0.15) is 5.76 Å². The van der Waals surface area contributed by atoms with E-state index in [4.69, 9.17) is 4.42 Å². The van der Waals surface area contributed by atoms with Crippen LogP contribution in [0.2, 0.25) is 0 Å². The fourth-order valence-electron chi connectivity index (χ4n) is 2.84. The molecule has 0 amide bonds. The molecule has 22 heavy (non-hydrogen) atoms. The lowest BCUT2D eigenvalue weighted by molar-refractivity contribution is 0.146. The Bertz CT molecular complexity index is 438. The third kappa shape index (κ3) is 4.77. The van der Waals surface area contributed by atoms with Crippen LogP contribution in [0, 0.1) is 0 Å². The van der Waals surface area contributed by atoms with Gasteiger partial charge in [0.15, 0.2) is 5.96 Å². The summed E-state index contributed by atoms with van der Waals surface area (Å²) in [5, 5.41) is 6.87. The first-order valence-electron chi connectivity index (χ1n) is 8.49. The van der Waals surface area contributed by atoms with Crippen LogP contribution < -0.4 is 10.6 Å². The standard InChI is InChI=1S/C17H30N4O/c1-4-14(2)20-17(18-3)19-13-15(16-9-8-12-22-16)21-10-6-5-7-11-21/h8-9,12,14-15H,4-7,10-11,13H2,1-3H3,(H2,18,19,20). The normalized spacial score (nSPS) is 19.7. The van der Waals surface area contributed by atoms with Crippen LogP contribution >= 0.6 is 0 Å². The summed E-state index contributed by atoms with van der Waals surface area (Å²) in [5.41, 5.74) is 0. The van der Waals surface area contributed by atoms with Gasteiger partial charge in [0.25, 0.3) is 0 Å². The van der Waals surface area contributed by atoms with Crippen LogP contribution in [0.3, 0.4) is 0 Å². The molecular weight excluding hydrogens is 276 g/mol. The number of likely N-dealkylation sites (tertiary alicyclic amines) is 1. The molecule has 0 bridgehead atoms. The number of aliphatic imine (C=N–C) groups is 1. The minimum Gasteiger partial charge on any atom is -0.468 e. The molecule has 1 saturated heterocycles. The molecular formula is C17H30N4O. The smallest absolute Gasteiger partial charge is 0.191 e. The van der Waals surface area contributed by atoms with Crippen molar-refractivity contribution < 1.29 is 4.42 Å². The molecule has 2 atom stereocenters. The Morgan fingerprint density at radius 1 is 1.36 bits per heavy atom. The topological polar surface area (TPSA) is 52.8 Å². The maximum Gasteiger partial charge on any atom is 0.191 e. The third-order valence-corrected chi connectivity index (χ3v) is 4.38. The Morgan fingerprint density at radius 2 is 2.14 bits per heavy atom. The molecule has 1 aromatic rings. The van der Waals surface area contributed by atoms with Gasteiger partial charge in [0, 0.05) is 19.6 Å². The predicted octanol–water partition coefficient (Wildman–Crippen LogP) is 2.77. The van der Waals surface area contributed by atoms with E-state index in [2.05, 4.69) is 40.4 Å². The zero-order valence-corrected chi connectivity index (χ0v) is 14.1. The summed E-state index contributed by atoms with van der Waals surface area (Å²) in [6.07, 6.45) is 6.73. The van der Waals surface area contributed by atoms with Gasteiger partial charge in [-0.25, -0.2) is 0 Å². The molecule has 1 aromatic heterocycles. The average molecular weight is 306 g/mol. The largest absolute Gasteiger partial charge is 0.468 e. The van der Waals surface area contributed by atoms with Gasteiger partial charge in [-0.3, -0.25) is 9.89 Å². The van der Waals surface area contributed by atoms with Crippen LogP contribution in [0.4, 0.5) is 0 Å². The molecule has 1 aliphatic rings. The van der Waals surface area contributed by atoms with Crippen LogP contribution in [0.5, 0.6) is 0 Å². The molecule has 2 heterocycles. The van der Waals surface area contributed by atoms with Gasteiger partial charge in [-0.05, 0) is 51.4 Å². The molecule has 0 saturated carbocycles. The molecule has 1 aliphatic heterocycles. The van der Waals surface area contributed by atoms with Crippen molar-refractivity contribution in [2.45, 2.75) is 51.6 Å². The maximum absolute atomic E-state index is 5.68. The Labute approximate surface area is 134 Å². The molecule has 5 nitrogen and oxygen atoms in total. The zero-order chi connectivity index (χ0) is 15.8. The highest BCUT2D eigenvalue weighted by molar-refractivity contribution is 5.79. The second kappa shape index (κ2) is 8.83. The first-order valence-corrected chi connectivity index (χ1v) is 8.49. The number of hydrogen-bond donors (Lipinski definition) is 2. The summed E-state index contributed by atoms with van der Waals surface area (Å²) >= 11 is 0. The van der Waals surface area contributed by atoms with Crippen LogP contribution in [0.15, 0.2) is 27.8 Å². The molecule has 0 spiro atoms. The van der Waals surface area contributed by atoms with Crippen LogP contribution in [0.25, 0.3) is 0 Å². The van der Waals surface area contributed by atoms with E-state index >= 15 is 0 Å². The monoisotopic (exact) mass is 306 g/mol. The Balaban J connectivity index is 1.97. The van der Waals surface area contributed by atoms with Crippen molar-refractivity contribution in [3.63, 3.8) is 0 Å². The Morgan fingerprint density at radius 3 is 2.73 bits per heavy atom. The van der Waals surface area contributed by atoms with Crippen LogP contribution in [-0.2, 0) is 0 Å². The van der Waals surface area contributed by atoms with Gasteiger partial charge in [-0.15, -0.1) is 0 Å². The molecule has 2 rings (SSSR count). The zero-order valence-electron chi connectivity index (χ0n) is 14.1. The van der Waals surface area contributed by atoms with Crippen molar-refractivity contribution in [1.82, 2.24) is 15.5 Å². The summed E-state index contributed by atoms with van der Waals surface area (Å²) in [5.74, 6) is 1.90. The second-order valence-corrected chi connectivity index (χ2v) is 6.03. The van der Waals surface area contributed by atoms with E-state index in [0.717, 1.165) is 37.8 Å². The fourth-order valence-corrected chi connectivity index (χ4v) is 2.84. The number of nitrogens with one attached hydrogen (secondary N) is 2. The van der Waals surface area contributed by atoms with E-state index in [1.165, 1.54) is 19.3 Å². The molecule has 124 valence electrons. The SMILES string of the molecule is CCC(C)NC(=NC)NCC(c1ccco1)N1CCCCC1. The summed E-state index contributed by atoms with van der Waals surface area (Å²) in [7, 11) is 1.82. The van der Waals surface area contributed by atoms with Gasteiger partial charge >= 0.3 is 0 Å². The van der Waals surface area contributed by atoms with Crippen molar-refractivity contribution in [3.05, 3.63) is 24.2 Å². The van der Waals surface area contributed by atoms with Crippen molar-refractivity contribution in [1.29, 1.82) is 0 Å². The summed E-state index contributed by atoms with van der Waals surface area (Å²) in [6, 6.07) is 4.73. The van der Waals surface area contributed by atoms with Gasteiger partial charge in [0.2, 0.25) is 0 Å². The molecule has 0 aliphatic carbocycles. The van der Waals surface area contributed by atoms with Crippen LogP contribution in [0.1, 0.15) is 51.3 Å². The third-order valence-electron chi connectivity index (χ3n) is 4.38. The Kier molecular flexibility index (Phi) is 6.77.